The van der Waals surface area contributed by atoms with Crippen LogP contribution < -0.4 is 11.2 Å². The Bertz CT molecular complexity index is 955. The van der Waals surface area contributed by atoms with Crippen molar-refractivity contribution in [3.8, 4) is 17.3 Å². The lowest BCUT2D eigenvalue weighted by Gasteiger charge is -2.17. The molecule has 0 atom stereocenters. The van der Waals surface area contributed by atoms with Gasteiger partial charge in [-0.1, -0.05) is 36.2 Å². The third kappa shape index (κ3) is 2.76. The molecule has 2 aromatic heterocycles. The van der Waals surface area contributed by atoms with Gasteiger partial charge in [-0.25, -0.2) is 4.68 Å². The highest BCUT2D eigenvalue weighted by Gasteiger charge is 2.36. The van der Waals surface area contributed by atoms with Crippen molar-refractivity contribution in [3.05, 3.63) is 58.1 Å². The van der Waals surface area contributed by atoms with Gasteiger partial charge in [0, 0.05) is 11.8 Å². The third-order valence-corrected chi connectivity index (χ3v) is 4.68. The Labute approximate surface area is 144 Å². The molecular formula is C18H19N5O2. The minimum absolute atomic E-state index is 0.112. The van der Waals surface area contributed by atoms with Crippen LogP contribution in [0, 0.1) is 6.92 Å². The van der Waals surface area contributed by atoms with Gasteiger partial charge in [-0.3, -0.25) is 4.79 Å². The van der Waals surface area contributed by atoms with Crippen LogP contribution in [0.15, 0.2) is 45.7 Å². The number of nitrogens with two attached hydrogens (primary N) is 1. The molecule has 7 heteroatoms. The van der Waals surface area contributed by atoms with Crippen LogP contribution in [-0.2, 0) is 5.54 Å². The average molecular weight is 337 g/mol. The maximum Gasteiger partial charge on any atom is 0.282 e. The van der Waals surface area contributed by atoms with Crippen LogP contribution in [0.2, 0.25) is 0 Å². The first-order valence-corrected chi connectivity index (χ1v) is 8.37. The first-order chi connectivity index (χ1) is 12.1. The molecule has 1 fully saturated rings. The van der Waals surface area contributed by atoms with E-state index in [2.05, 4.69) is 15.2 Å². The normalized spacial score (nSPS) is 16.2. The van der Waals surface area contributed by atoms with Gasteiger partial charge in [-0.2, -0.15) is 10.1 Å². The Morgan fingerprint density at radius 3 is 2.64 bits per heavy atom. The molecule has 2 heterocycles. The molecule has 2 N–H and O–H groups in total. The zero-order valence-electron chi connectivity index (χ0n) is 14.0. The van der Waals surface area contributed by atoms with Crippen LogP contribution in [0.4, 0.5) is 0 Å². The summed E-state index contributed by atoms with van der Waals surface area (Å²) in [6.07, 6.45) is 3.73. The molecule has 0 spiro atoms. The summed E-state index contributed by atoms with van der Waals surface area (Å²) < 4.78 is 7.01. The molecule has 128 valence electrons. The van der Waals surface area contributed by atoms with Gasteiger partial charge < -0.3 is 10.3 Å². The molecule has 1 saturated carbocycles. The lowest BCUT2D eigenvalue weighted by molar-refractivity contribution is 0.372. The molecule has 1 aliphatic carbocycles. The molecule has 0 aliphatic heterocycles. The van der Waals surface area contributed by atoms with Crippen molar-refractivity contribution < 1.29 is 4.52 Å². The van der Waals surface area contributed by atoms with Crippen molar-refractivity contribution >= 4 is 0 Å². The second kappa shape index (κ2) is 5.93. The van der Waals surface area contributed by atoms with E-state index >= 15 is 0 Å². The van der Waals surface area contributed by atoms with Crippen LogP contribution >= 0.6 is 0 Å². The molecule has 0 unspecified atom stereocenters. The molecule has 7 nitrogen and oxygen atoms in total. The van der Waals surface area contributed by atoms with E-state index in [1.807, 2.05) is 37.3 Å². The monoisotopic (exact) mass is 337 g/mol. The number of hydrogen-bond donors (Lipinski definition) is 1. The van der Waals surface area contributed by atoms with Crippen LogP contribution in [0.1, 0.15) is 37.2 Å². The van der Waals surface area contributed by atoms with Crippen molar-refractivity contribution in [1.82, 2.24) is 19.9 Å². The topological polar surface area (TPSA) is 99.8 Å². The van der Waals surface area contributed by atoms with Crippen molar-refractivity contribution in [2.24, 2.45) is 5.73 Å². The number of para-hydroxylation sites is 1. The smallest absolute Gasteiger partial charge is 0.282 e. The molecular weight excluding hydrogens is 318 g/mol. The molecule has 25 heavy (non-hydrogen) atoms. The highest BCUT2D eigenvalue weighted by atomic mass is 16.5. The largest absolute Gasteiger partial charge is 0.332 e. The lowest BCUT2D eigenvalue weighted by atomic mass is 9.99. The molecule has 0 bridgehead atoms. The second-order valence-corrected chi connectivity index (χ2v) is 6.53. The summed E-state index contributed by atoms with van der Waals surface area (Å²) in [6.45, 7) is 1.83. The van der Waals surface area contributed by atoms with Crippen molar-refractivity contribution in [2.45, 2.75) is 38.1 Å². The number of hydrogen-bond acceptors (Lipinski definition) is 6. The Morgan fingerprint density at radius 2 is 1.92 bits per heavy atom. The predicted octanol–water partition coefficient (Wildman–Crippen LogP) is 2.32. The molecule has 0 radical (unpaired) electrons. The molecule has 3 aromatic rings. The zero-order chi connectivity index (χ0) is 17.4. The fourth-order valence-corrected chi connectivity index (χ4v) is 3.28. The van der Waals surface area contributed by atoms with Crippen LogP contribution in [0.25, 0.3) is 17.3 Å². The summed E-state index contributed by atoms with van der Waals surface area (Å²) in [7, 11) is 0. The minimum atomic E-state index is -0.565. The van der Waals surface area contributed by atoms with E-state index in [1.165, 1.54) is 6.07 Å². The van der Waals surface area contributed by atoms with Crippen LogP contribution in [0.5, 0.6) is 0 Å². The van der Waals surface area contributed by atoms with E-state index < -0.39 is 5.54 Å². The zero-order valence-corrected chi connectivity index (χ0v) is 14.0. The molecule has 1 aliphatic rings. The first kappa shape index (κ1) is 15.7. The van der Waals surface area contributed by atoms with E-state index in [0.717, 1.165) is 37.1 Å². The summed E-state index contributed by atoms with van der Waals surface area (Å²) in [4.78, 5) is 16.8. The van der Waals surface area contributed by atoms with E-state index in [1.54, 1.807) is 4.68 Å². The highest BCUT2D eigenvalue weighted by molar-refractivity contribution is 5.47. The average Bonchev–Trinajstić information content (AvgIpc) is 3.26. The fourth-order valence-electron chi connectivity index (χ4n) is 3.28. The van der Waals surface area contributed by atoms with Gasteiger partial charge in [0.15, 0.2) is 11.5 Å². The van der Waals surface area contributed by atoms with E-state index in [4.69, 9.17) is 10.3 Å². The van der Waals surface area contributed by atoms with Crippen molar-refractivity contribution in [1.29, 1.82) is 0 Å². The van der Waals surface area contributed by atoms with Gasteiger partial charge >= 0.3 is 0 Å². The van der Waals surface area contributed by atoms with Crippen molar-refractivity contribution in [2.75, 3.05) is 0 Å². The standard InChI is InChI=1S/C18H19N5O2/c1-12-11-14(24)15(21-23(12)13-7-3-2-4-8-13)16-20-17(22-25-16)18(19)9-5-6-10-18/h2-4,7-8,11H,5-6,9-10,19H2,1H3. The number of rotatable bonds is 3. The lowest BCUT2D eigenvalue weighted by Crippen LogP contribution is -2.34. The van der Waals surface area contributed by atoms with Gasteiger partial charge in [0.05, 0.1) is 11.2 Å². The Kier molecular flexibility index (Phi) is 3.73. The minimum Gasteiger partial charge on any atom is -0.332 e. The molecule has 1 aromatic carbocycles. The molecule has 0 saturated heterocycles. The number of nitrogens with zero attached hydrogens (tertiary/aromatic N) is 4. The summed E-state index contributed by atoms with van der Waals surface area (Å²) in [5.74, 6) is 0.564. The van der Waals surface area contributed by atoms with Crippen LogP contribution in [-0.4, -0.2) is 19.9 Å². The van der Waals surface area contributed by atoms with Crippen LogP contribution in [0.3, 0.4) is 0 Å². The number of benzene rings is 1. The van der Waals surface area contributed by atoms with Crippen molar-refractivity contribution in [3.63, 3.8) is 0 Å². The number of aromatic nitrogens is 4. The maximum atomic E-state index is 12.4. The van der Waals surface area contributed by atoms with Gasteiger partial charge in [-0.15, -0.1) is 0 Å². The Balaban J connectivity index is 1.79. The quantitative estimate of drug-likeness (QED) is 0.787. The highest BCUT2D eigenvalue weighted by Crippen LogP contribution is 2.35. The fraction of sp³-hybridized carbons (Fsp3) is 0.333. The first-order valence-electron chi connectivity index (χ1n) is 8.37. The SMILES string of the molecule is Cc1cc(=O)c(-c2nc(C3(N)CCCC3)no2)nn1-c1ccccc1. The Morgan fingerprint density at radius 1 is 1.20 bits per heavy atom. The van der Waals surface area contributed by atoms with Gasteiger partial charge in [0.1, 0.15) is 0 Å². The van der Waals surface area contributed by atoms with E-state index in [0.29, 0.717) is 5.82 Å². The molecule has 0 amide bonds. The predicted molar refractivity (Wildman–Crippen MR) is 92.2 cm³/mol. The van der Waals surface area contributed by atoms with E-state index in [9.17, 15) is 4.79 Å². The second-order valence-electron chi connectivity index (χ2n) is 6.53. The summed E-state index contributed by atoms with van der Waals surface area (Å²) in [6, 6.07) is 11.1. The van der Waals surface area contributed by atoms with E-state index in [-0.39, 0.29) is 17.0 Å². The number of aryl methyl sites for hydroxylation is 1. The maximum absolute atomic E-state index is 12.4. The summed E-state index contributed by atoms with van der Waals surface area (Å²) in [5, 5.41) is 8.46. The third-order valence-electron chi connectivity index (χ3n) is 4.68. The van der Waals surface area contributed by atoms with Gasteiger partial charge in [0.2, 0.25) is 5.43 Å². The molecule has 4 rings (SSSR count). The van der Waals surface area contributed by atoms with Gasteiger partial charge in [0.25, 0.3) is 5.89 Å². The summed E-state index contributed by atoms with van der Waals surface area (Å²) in [5.41, 5.74) is 7.26. The summed E-state index contributed by atoms with van der Waals surface area (Å²) >= 11 is 0. The Hall–Kier alpha value is -2.80. The van der Waals surface area contributed by atoms with Gasteiger partial charge in [-0.05, 0) is 31.9 Å².